The summed E-state index contributed by atoms with van der Waals surface area (Å²) in [5.41, 5.74) is 0. The Morgan fingerprint density at radius 2 is 2.17 bits per heavy atom. The molecular weight excluding hydrogens is 249 g/mol. The van der Waals surface area contributed by atoms with E-state index in [1.807, 2.05) is 6.92 Å². The number of rotatable bonds is 3. The van der Waals surface area contributed by atoms with Crippen LogP contribution in [0.3, 0.4) is 0 Å². The van der Waals surface area contributed by atoms with Crippen LogP contribution in [0.2, 0.25) is 0 Å². The minimum Gasteiger partial charge on any atom is -0.395 e. The molecule has 4 nitrogen and oxygen atoms in total. The fourth-order valence-electron chi connectivity index (χ4n) is 2.14. The maximum absolute atomic E-state index is 12.3. The predicted molar refractivity (Wildman–Crippen MR) is 60.1 cm³/mol. The van der Waals surface area contributed by atoms with E-state index in [0.717, 1.165) is 12.8 Å². The van der Waals surface area contributed by atoms with Crippen molar-refractivity contribution in [3.05, 3.63) is 0 Å². The number of hydrogen-bond donors (Lipinski definition) is 1. The summed E-state index contributed by atoms with van der Waals surface area (Å²) >= 11 is 0. The van der Waals surface area contributed by atoms with Gasteiger partial charge in [0.05, 0.1) is 6.61 Å². The molecule has 1 fully saturated rings. The first kappa shape index (κ1) is 15.1. The van der Waals surface area contributed by atoms with E-state index in [1.54, 1.807) is 0 Å². The van der Waals surface area contributed by atoms with Crippen LogP contribution < -0.4 is 0 Å². The third kappa shape index (κ3) is 4.72. The van der Waals surface area contributed by atoms with Crippen molar-refractivity contribution in [3.8, 4) is 0 Å². The molecule has 1 atom stereocenters. The van der Waals surface area contributed by atoms with Gasteiger partial charge in [-0.05, 0) is 18.8 Å². The molecule has 1 aliphatic heterocycles. The van der Waals surface area contributed by atoms with Crippen molar-refractivity contribution in [2.45, 2.75) is 25.9 Å². The smallest absolute Gasteiger partial charge is 0.395 e. The van der Waals surface area contributed by atoms with Crippen LogP contribution in [-0.4, -0.2) is 59.9 Å². The van der Waals surface area contributed by atoms with Crippen LogP contribution in [0.15, 0.2) is 0 Å². The number of aliphatic hydroxyl groups excluding tert-OH is 1. The molecule has 1 unspecified atom stereocenters. The lowest BCUT2D eigenvalue weighted by Gasteiger charge is -2.35. The molecule has 0 saturated carbocycles. The lowest BCUT2D eigenvalue weighted by Crippen LogP contribution is -2.50. The van der Waals surface area contributed by atoms with Crippen molar-refractivity contribution < 1.29 is 23.1 Å². The third-order valence-corrected chi connectivity index (χ3v) is 2.94. The SMILES string of the molecule is CC1CCCN(C(=O)N(CCO)CC(F)(F)F)C1. The zero-order valence-corrected chi connectivity index (χ0v) is 10.4. The van der Waals surface area contributed by atoms with Crippen molar-refractivity contribution in [2.75, 3.05) is 32.8 Å². The van der Waals surface area contributed by atoms with Gasteiger partial charge in [-0.1, -0.05) is 6.92 Å². The number of hydrogen-bond acceptors (Lipinski definition) is 2. The Morgan fingerprint density at radius 3 is 2.67 bits per heavy atom. The Kier molecular flexibility index (Phi) is 5.25. The normalized spacial score (nSPS) is 20.9. The van der Waals surface area contributed by atoms with Crippen LogP contribution in [0, 0.1) is 5.92 Å². The Hall–Kier alpha value is -0.980. The molecular formula is C11H19F3N2O2. The largest absolute Gasteiger partial charge is 0.406 e. The number of likely N-dealkylation sites (tertiary alicyclic amines) is 1. The standard InChI is InChI=1S/C11H19F3N2O2/c1-9-3-2-4-15(7-9)10(18)16(5-6-17)8-11(12,13)14/h9,17H,2-8H2,1H3. The minimum atomic E-state index is -4.44. The van der Waals surface area contributed by atoms with E-state index < -0.39 is 25.4 Å². The fourth-order valence-corrected chi connectivity index (χ4v) is 2.14. The maximum atomic E-state index is 12.3. The van der Waals surface area contributed by atoms with E-state index in [-0.39, 0.29) is 6.54 Å². The highest BCUT2D eigenvalue weighted by atomic mass is 19.4. The zero-order valence-electron chi connectivity index (χ0n) is 10.4. The summed E-state index contributed by atoms with van der Waals surface area (Å²) in [6.45, 7) is 0.882. The highest BCUT2D eigenvalue weighted by molar-refractivity contribution is 5.74. The molecule has 1 aliphatic rings. The van der Waals surface area contributed by atoms with Crippen LogP contribution in [0.1, 0.15) is 19.8 Å². The van der Waals surface area contributed by atoms with Gasteiger partial charge in [0, 0.05) is 19.6 Å². The van der Waals surface area contributed by atoms with Gasteiger partial charge in [0.25, 0.3) is 0 Å². The molecule has 0 aromatic rings. The molecule has 0 spiro atoms. The topological polar surface area (TPSA) is 43.8 Å². The Labute approximate surface area is 104 Å². The summed E-state index contributed by atoms with van der Waals surface area (Å²) in [5, 5.41) is 8.75. The van der Waals surface area contributed by atoms with E-state index >= 15 is 0 Å². The van der Waals surface area contributed by atoms with Gasteiger partial charge < -0.3 is 14.9 Å². The third-order valence-electron chi connectivity index (χ3n) is 2.94. The van der Waals surface area contributed by atoms with Crippen LogP contribution in [-0.2, 0) is 0 Å². The number of amides is 2. The summed E-state index contributed by atoms with van der Waals surface area (Å²) < 4.78 is 37.0. The molecule has 0 aliphatic carbocycles. The fraction of sp³-hybridized carbons (Fsp3) is 0.909. The molecule has 106 valence electrons. The number of piperidine rings is 1. The van der Waals surface area contributed by atoms with Crippen molar-refractivity contribution in [3.63, 3.8) is 0 Å². The van der Waals surface area contributed by atoms with Gasteiger partial charge in [0.15, 0.2) is 0 Å². The number of halogens is 3. The van der Waals surface area contributed by atoms with E-state index in [4.69, 9.17) is 5.11 Å². The van der Waals surface area contributed by atoms with Crippen LogP contribution in [0.4, 0.5) is 18.0 Å². The van der Waals surface area contributed by atoms with Crippen LogP contribution in [0.5, 0.6) is 0 Å². The molecule has 1 rings (SSSR count). The summed E-state index contributed by atoms with van der Waals surface area (Å²) in [6.07, 6.45) is -2.64. The van der Waals surface area contributed by atoms with Gasteiger partial charge in [-0.15, -0.1) is 0 Å². The van der Waals surface area contributed by atoms with Crippen molar-refractivity contribution in [2.24, 2.45) is 5.92 Å². The first-order valence-corrected chi connectivity index (χ1v) is 6.05. The molecule has 1 N–H and O–H groups in total. The van der Waals surface area contributed by atoms with E-state index in [2.05, 4.69) is 0 Å². The number of carbonyl (C=O) groups excluding carboxylic acids is 1. The minimum absolute atomic E-state index is 0.288. The Bertz CT molecular complexity index is 284. The van der Waals surface area contributed by atoms with Gasteiger partial charge in [-0.3, -0.25) is 0 Å². The highest BCUT2D eigenvalue weighted by Crippen LogP contribution is 2.20. The highest BCUT2D eigenvalue weighted by Gasteiger charge is 2.35. The first-order valence-electron chi connectivity index (χ1n) is 6.05. The van der Waals surface area contributed by atoms with Gasteiger partial charge in [-0.25, -0.2) is 4.79 Å². The number of carbonyl (C=O) groups is 1. The van der Waals surface area contributed by atoms with Gasteiger partial charge >= 0.3 is 12.2 Å². The molecule has 0 bridgehead atoms. The van der Waals surface area contributed by atoms with Crippen molar-refractivity contribution in [1.82, 2.24) is 9.80 Å². The summed E-state index contributed by atoms with van der Waals surface area (Å²) in [4.78, 5) is 14.1. The van der Waals surface area contributed by atoms with Crippen molar-refractivity contribution in [1.29, 1.82) is 0 Å². The number of nitrogens with zero attached hydrogens (tertiary/aromatic N) is 2. The first-order chi connectivity index (χ1) is 8.33. The lowest BCUT2D eigenvalue weighted by molar-refractivity contribution is -0.141. The molecule has 18 heavy (non-hydrogen) atoms. The van der Waals surface area contributed by atoms with E-state index in [1.165, 1.54) is 4.90 Å². The molecule has 7 heteroatoms. The Balaban J connectivity index is 2.63. The van der Waals surface area contributed by atoms with Gasteiger partial charge in [0.2, 0.25) is 0 Å². The zero-order chi connectivity index (χ0) is 13.8. The predicted octanol–water partition coefficient (Wildman–Crippen LogP) is 1.69. The average molecular weight is 268 g/mol. The second-order valence-electron chi connectivity index (χ2n) is 4.74. The molecule has 2 amide bonds. The van der Waals surface area contributed by atoms with Gasteiger partial charge in [0.1, 0.15) is 6.54 Å². The average Bonchev–Trinajstić information content (AvgIpc) is 2.26. The van der Waals surface area contributed by atoms with Gasteiger partial charge in [-0.2, -0.15) is 13.2 Å². The number of alkyl halides is 3. The second kappa shape index (κ2) is 6.26. The van der Waals surface area contributed by atoms with Crippen LogP contribution in [0.25, 0.3) is 0 Å². The maximum Gasteiger partial charge on any atom is 0.406 e. The Morgan fingerprint density at radius 1 is 1.50 bits per heavy atom. The molecule has 1 heterocycles. The van der Waals surface area contributed by atoms with E-state index in [0.29, 0.717) is 23.9 Å². The summed E-state index contributed by atoms with van der Waals surface area (Å²) in [5.74, 6) is 0.310. The molecule has 0 aromatic heterocycles. The van der Waals surface area contributed by atoms with Crippen LogP contribution >= 0.6 is 0 Å². The summed E-state index contributed by atoms with van der Waals surface area (Å²) in [6, 6.07) is -0.632. The molecule has 0 aromatic carbocycles. The quantitative estimate of drug-likeness (QED) is 0.846. The molecule has 1 saturated heterocycles. The lowest BCUT2D eigenvalue weighted by atomic mass is 10.0. The van der Waals surface area contributed by atoms with E-state index in [9.17, 15) is 18.0 Å². The number of urea groups is 1. The molecule has 0 radical (unpaired) electrons. The second-order valence-corrected chi connectivity index (χ2v) is 4.74. The monoisotopic (exact) mass is 268 g/mol. The summed E-state index contributed by atoms with van der Waals surface area (Å²) in [7, 11) is 0. The number of aliphatic hydroxyl groups is 1. The van der Waals surface area contributed by atoms with Crippen molar-refractivity contribution >= 4 is 6.03 Å².